The average Bonchev–Trinajstić information content (AvgIpc) is 3.20. The minimum atomic E-state index is -0.406. The maximum Gasteiger partial charge on any atom is 0.225 e. The number of nitrogens with zero attached hydrogens (tertiary/aromatic N) is 2. The summed E-state index contributed by atoms with van der Waals surface area (Å²) >= 11 is 6.19. The van der Waals surface area contributed by atoms with Crippen LogP contribution in [-0.4, -0.2) is 35.3 Å². The van der Waals surface area contributed by atoms with Crippen molar-refractivity contribution in [1.82, 2.24) is 20.4 Å². The molecule has 140 valence electrons. The van der Waals surface area contributed by atoms with Crippen molar-refractivity contribution < 1.29 is 9.18 Å². The predicted molar refractivity (Wildman–Crippen MR) is 99.8 cm³/mol. The van der Waals surface area contributed by atoms with Crippen LogP contribution in [0.25, 0.3) is 0 Å². The summed E-state index contributed by atoms with van der Waals surface area (Å²) in [6.45, 7) is 5.79. The molecule has 0 spiro atoms. The number of halogens is 2. The van der Waals surface area contributed by atoms with Gasteiger partial charge in [-0.2, -0.15) is 5.10 Å². The first-order chi connectivity index (χ1) is 12.3. The second kappa shape index (κ2) is 7.37. The SMILES string of the molecule is Cn1cc([C@H]2CNC[C@@H]2C(=O)NCC(C)(C)c2ccc(F)cc2Cl)cn1. The maximum atomic E-state index is 13.3. The quantitative estimate of drug-likeness (QED) is 0.840. The number of carbonyl (C=O) groups is 1. The zero-order chi connectivity index (χ0) is 18.9. The first-order valence-corrected chi connectivity index (χ1v) is 9.08. The monoisotopic (exact) mass is 378 g/mol. The molecule has 1 aromatic heterocycles. The van der Waals surface area contributed by atoms with Gasteiger partial charge in [0.2, 0.25) is 5.91 Å². The summed E-state index contributed by atoms with van der Waals surface area (Å²) in [5, 5.41) is 10.9. The number of aryl methyl sites for hydroxylation is 1. The van der Waals surface area contributed by atoms with E-state index in [0.717, 1.165) is 17.7 Å². The van der Waals surface area contributed by atoms with Crippen molar-refractivity contribution in [3.8, 4) is 0 Å². The summed E-state index contributed by atoms with van der Waals surface area (Å²) in [7, 11) is 1.87. The van der Waals surface area contributed by atoms with E-state index in [-0.39, 0.29) is 23.6 Å². The van der Waals surface area contributed by atoms with E-state index in [4.69, 9.17) is 11.6 Å². The van der Waals surface area contributed by atoms with Gasteiger partial charge in [-0.1, -0.05) is 31.5 Å². The number of nitrogens with one attached hydrogen (secondary N) is 2. The van der Waals surface area contributed by atoms with Gasteiger partial charge in [0.1, 0.15) is 5.82 Å². The van der Waals surface area contributed by atoms with Gasteiger partial charge in [0.05, 0.1) is 12.1 Å². The Morgan fingerprint density at radius 1 is 1.46 bits per heavy atom. The smallest absolute Gasteiger partial charge is 0.225 e. The lowest BCUT2D eigenvalue weighted by Crippen LogP contribution is -2.41. The van der Waals surface area contributed by atoms with Gasteiger partial charge in [-0.3, -0.25) is 9.48 Å². The van der Waals surface area contributed by atoms with Gasteiger partial charge >= 0.3 is 0 Å². The van der Waals surface area contributed by atoms with Crippen LogP contribution in [0.5, 0.6) is 0 Å². The van der Waals surface area contributed by atoms with Crippen LogP contribution in [-0.2, 0) is 17.3 Å². The lowest BCUT2D eigenvalue weighted by atomic mass is 9.84. The molecule has 0 radical (unpaired) electrons. The molecule has 26 heavy (non-hydrogen) atoms. The number of rotatable bonds is 5. The Balaban J connectivity index is 1.67. The van der Waals surface area contributed by atoms with E-state index in [9.17, 15) is 9.18 Å². The molecule has 1 aliphatic heterocycles. The van der Waals surface area contributed by atoms with Crippen LogP contribution in [0, 0.1) is 11.7 Å². The number of aromatic nitrogens is 2. The Kier molecular flexibility index (Phi) is 5.34. The van der Waals surface area contributed by atoms with Crippen LogP contribution in [0.4, 0.5) is 4.39 Å². The highest BCUT2D eigenvalue weighted by atomic mass is 35.5. The number of amides is 1. The Hall–Kier alpha value is -1.92. The van der Waals surface area contributed by atoms with Crippen LogP contribution in [0.1, 0.15) is 30.9 Å². The summed E-state index contributed by atoms with van der Waals surface area (Å²) in [6.07, 6.45) is 3.78. The van der Waals surface area contributed by atoms with Gasteiger partial charge in [0.25, 0.3) is 0 Å². The van der Waals surface area contributed by atoms with Crippen LogP contribution >= 0.6 is 11.6 Å². The molecule has 2 heterocycles. The van der Waals surface area contributed by atoms with Crippen molar-refractivity contribution in [3.05, 3.63) is 52.6 Å². The third kappa shape index (κ3) is 3.91. The van der Waals surface area contributed by atoms with Crippen molar-refractivity contribution in [3.63, 3.8) is 0 Å². The Labute approximate surface area is 157 Å². The fourth-order valence-corrected chi connectivity index (χ4v) is 3.93. The Morgan fingerprint density at radius 3 is 2.88 bits per heavy atom. The summed E-state index contributed by atoms with van der Waals surface area (Å²) in [4.78, 5) is 12.8. The molecule has 2 aromatic rings. The van der Waals surface area contributed by atoms with Crippen molar-refractivity contribution in [2.45, 2.75) is 25.2 Å². The summed E-state index contributed by atoms with van der Waals surface area (Å²) in [6, 6.07) is 4.38. The molecule has 1 aromatic carbocycles. The zero-order valence-corrected chi connectivity index (χ0v) is 16.0. The van der Waals surface area contributed by atoms with E-state index in [0.29, 0.717) is 18.1 Å². The highest BCUT2D eigenvalue weighted by Gasteiger charge is 2.35. The van der Waals surface area contributed by atoms with E-state index < -0.39 is 5.41 Å². The molecule has 0 aliphatic carbocycles. The summed E-state index contributed by atoms with van der Waals surface area (Å²) < 4.78 is 15.0. The van der Waals surface area contributed by atoms with Gasteiger partial charge < -0.3 is 10.6 Å². The topological polar surface area (TPSA) is 59.0 Å². The fourth-order valence-electron chi connectivity index (χ4n) is 3.51. The first-order valence-electron chi connectivity index (χ1n) is 8.70. The Bertz CT molecular complexity index is 805. The van der Waals surface area contributed by atoms with Gasteiger partial charge in [0, 0.05) is 49.2 Å². The van der Waals surface area contributed by atoms with Crippen LogP contribution in [0.2, 0.25) is 5.02 Å². The molecule has 1 saturated heterocycles. The Morgan fingerprint density at radius 2 is 2.23 bits per heavy atom. The van der Waals surface area contributed by atoms with E-state index in [1.807, 2.05) is 33.3 Å². The van der Waals surface area contributed by atoms with E-state index >= 15 is 0 Å². The zero-order valence-electron chi connectivity index (χ0n) is 15.2. The van der Waals surface area contributed by atoms with Gasteiger partial charge in [-0.15, -0.1) is 0 Å². The molecule has 1 amide bonds. The molecule has 5 nitrogen and oxygen atoms in total. The van der Waals surface area contributed by atoms with E-state index in [1.54, 1.807) is 10.7 Å². The standard InChI is InChI=1S/C19H24ClFN4O/c1-19(2,16-5-4-13(21)6-17(16)20)11-23-18(26)15-9-22-8-14(15)12-7-24-25(3)10-12/h4-7,10,14-15,22H,8-9,11H2,1-3H3,(H,23,26)/t14-,15+/m1/s1. The molecule has 0 bridgehead atoms. The van der Waals surface area contributed by atoms with Crippen molar-refractivity contribution in [2.24, 2.45) is 13.0 Å². The van der Waals surface area contributed by atoms with Crippen LogP contribution in [0.15, 0.2) is 30.6 Å². The van der Waals surface area contributed by atoms with Crippen LogP contribution < -0.4 is 10.6 Å². The first kappa shape index (κ1) is 18.9. The molecule has 0 saturated carbocycles. The molecule has 1 fully saturated rings. The summed E-state index contributed by atoms with van der Waals surface area (Å²) in [5.41, 5.74) is 1.48. The normalized spacial score (nSPS) is 20.3. The highest BCUT2D eigenvalue weighted by molar-refractivity contribution is 6.31. The third-order valence-electron chi connectivity index (χ3n) is 5.07. The predicted octanol–water partition coefficient (Wildman–Crippen LogP) is 2.61. The van der Waals surface area contributed by atoms with Gasteiger partial charge in [-0.25, -0.2) is 4.39 Å². The molecule has 2 N–H and O–H groups in total. The average molecular weight is 379 g/mol. The molecular formula is C19H24ClFN4O. The second-order valence-corrected chi connectivity index (χ2v) is 7.95. The highest BCUT2D eigenvalue weighted by Crippen LogP contribution is 2.31. The van der Waals surface area contributed by atoms with Crippen molar-refractivity contribution in [1.29, 1.82) is 0 Å². The van der Waals surface area contributed by atoms with E-state index in [2.05, 4.69) is 15.7 Å². The number of hydrogen-bond acceptors (Lipinski definition) is 3. The number of benzene rings is 1. The van der Waals surface area contributed by atoms with Crippen LogP contribution in [0.3, 0.4) is 0 Å². The molecular weight excluding hydrogens is 355 g/mol. The molecule has 2 atom stereocenters. The molecule has 7 heteroatoms. The number of carbonyl (C=O) groups excluding carboxylic acids is 1. The fraction of sp³-hybridized carbons (Fsp3) is 0.474. The second-order valence-electron chi connectivity index (χ2n) is 7.54. The van der Waals surface area contributed by atoms with Crippen molar-refractivity contribution >= 4 is 17.5 Å². The molecule has 1 aliphatic rings. The maximum absolute atomic E-state index is 13.3. The molecule has 3 rings (SSSR count). The third-order valence-corrected chi connectivity index (χ3v) is 5.38. The minimum absolute atomic E-state index is 0.00941. The van der Waals surface area contributed by atoms with Gasteiger partial charge in [0.15, 0.2) is 0 Å². The van der Waals surface area contributed by atoms with Gasteiger partial charge in [-0.05, 0) is 23.3 Å². The lowest BCUT2D eigenvalue weighted by molar-refractivity contribution is -0.125. The minimum Gasteiger partial charge on any atom is -0.355 e. The lowest BCUT2D eigenvalue weighted by Gasteiger charge is -2.28. The summed E-state index contributed by atoms with van der Waals surface area (Å²) in [5.74, 6) is -0.384. The van der Waals surface area contributed by atoms with E-state index in [1.165, 1.54) is 12.1 Å². The van der Waals surface area contributed by atoms with Crippen molar-refractivity contribution in [2.75, 3.05) is 19.6 Å². The number of hydrogen-bond donors (Lipinski definition) is 2. The largest absolute Gasteiger partial charge is 0.355 e. The molecule has 0 unspecified atom stereocenters.